The molecule has 0 spiro atoms. The third-order valence-corrected chi connectivity index (χ3v) is 4.45. The normalized spacial score (nSPS) is 10.3. The second-order valence-corrected chi connectivity index (χ2v) is 6.52. The van der Waals surface area contributed by atoms with E-state index in [4.69, 9.17) is 9.47 Å². The Labute approximate surface area is 144 Å². The molecule has 0 radical (unpaired) electrons. The average Bonchev–Trinajstić information content (AvgIpc) is 2.88. The average molecular weight is 348 g/mol. The molecule has 24 heavy (non-hydrogen) atoms. The summed E-state index contributed by atoms with van der Waals surface area (Å²) in [6.07, 6.45) is 0. The Hall–Kier alpha value is -2.41. The summed E-state index contributed by atoms with van der Waals surface area (Å²) >= 11 is 1.56. The number of nitrogens with one attached hydrogen (secondary N) is 1. The Morgan fingerprint density at radius 1 is 1.25 bits per heavy atom. The number of carbonyl (C=O) groups excluding carboxylic acids is 2. The number of methoxy groups -OCH3 is 1. The zero-order valence-electron chi connectivity index (χ0n) is 14.1. The van der Waals surface area contributed by atoms with Gasteiger partial charge in [-0.05, 0) is 39.0 Å². The summed E-state index contributed by atoms with van der Waals surface area (Å²) in [6, 6.07) is 4.86. The zero-order valence-corrected chi connectivity index (χ0v) is 15.0. The first-order valence-electron chi connectivity index (χ1n) is 7.42. The molecule has 0 aliphatic rings. The lowest BCUT2D eigenvalue weighted by atomic mass is 10.1. The largest absolute Gasteiger partial charge is 0.493 e. The van der Waals surface area contributed by atoms with Crippen LogP contribution < -0.4 is 14.8 Å². The number of rotatable bonds is 7. The number of thiazole rings is 1. The molecule has 0 aliphatic carbocycles. The van der Waals surface area contributed by atoms with E-state index in [0.29, 0.717) is 23.6 Å². The fourth-order valence-corrected chi connectivity index (χ4v) is 2.99. The van der Waals surface area contributed by atoms with Crippen molar-refractivity contribution < 1.29 is 19.1 Å². The van der Waals surface area contributed by atoms with Crippen molar-refractivity contribution in [3.05, 3.63) is 39.3 Å². The maximum Gasteiger partial charge on any atom is 0.258 e. The van der Waals surface area contributed by atoms with Crippen LogP contribution >= 0.6 is 11.3 Å². The monoisotopic (exact) mass is 348 g/mol. The molecule has 1 amide bonds. The molecule has 0 aliphatic heterocycles. The van der Waals surface area contributed by atoms with Crippen molar-refractivity contribution in [1.82, 2.24) is 10.3 Å². The summed E-state index contributed by atoms with van der Waals surface area (Å²) in [5.74, 6) is 0.540. The first kappa shape index (κ1) is 17.9. The highest BCUT2D eigenvalue weighted by Crippen LogP contribution is 2.28. The molecule has 7 heteroatoms. The van der Waals surface area contributed by atoms with Gasteiger partial charge >= 0.3 is 0 Å². The molecule has 2 rings (SSSR count). The van der Waals surface area contributed by atoms with E-state index in [1.807, 2.05) is 13.8 Å². The number of ether oxygens (including phenoxy) is 2. The number of aromatic nitrogens is 1. The predicted molar refractivity (Wildman–Crippen MR) is 91.9 cm³/mol. The number of nitrogens with zero attached hydrogens (tertiary/aromatic N) is 1. The van der Waals surface area contributed by atoms with Crippen LogP contribution in [0.3, 0.4) is 0 Å². The second-order valence-electron chi connectivity index (χ2n) is 5.23. The van der Waals surface area contributed by atoms with Crippen LogP contribution in [0.2, 0.25) is 0 Å². The van der Waals surface area contributed by atoms with Gasteiger partial charge in [-0.15, -0.1) is 11.3 Å². The smallest absolute Gasteiger partial charge is 0.258 e. The number of ketones is 1. The van der Waals surface area contributed by atoms with Crippen molar-refractivity contribution in [2.75, 3.05) is 13.7 Å². The van der Waals surface area contributed by atoms with Crippen molar-refractivity contribution in [3.63, 3.8) is 0 Å². The Morgan fingerprint density at radius 3 is 2.58 bits per heavy atom. The van der Waals surface area contributed by atoms with Crippen molar-refractivity contribution in [3.8, 4) is 11.5 Å². The van der Waals surface area contributed by atoms with Crippen molar-refractivity contribution >= 4 is 23.0 Å². The van der Waals surface area contributed by atoms with Gasteiger partial charge in [0, 0.05) is 10.4 Å². The molecular formula is C17H20N2O4S. The highest BCUT2D eigenvalue weighted by atomic mass is 32.1. The van der Waals surface area contributed by atoms with Crippen molar-refractivity contribution in [2.24, 2.45) is 0 Å². The van der Waals surface area contributed by atoms with Gasteiger partial charge in [0.15, 0.2) is 23.9 Å². The molecule has 128 valence electrons. The molecule has 2 aromatic rings. The maximum atomic E-state index is 11.9. The molecule has 0 saturated carbocycles. The number of aryl methyl sites for hydroxylation is 2. The summed E-state index contributed by atoms with van der Waals surface area (Å²) in [5.41, 5.74) is 1.46. The van der Waals surface area contributed by atoms with Crippen LogP contribution in [0.25, 0.3) is 0 Å². The second kappa shape index (κ2) is 7.92. The molecule has 6 nitrogen and oxygen atoms in total. The van der Waals surface area contributed by atoms with Gasteiger partial charge in [0.05, 0.1) is 24.4 Å². The van der Waals surface area contributed by atoms with Crippen LogP contribution in [0.1, 0.15) is 32.9 Å². The number of benzene rings is 1. The Bertz CT molecular complexity index is 755. The Kier molecular flexibility index (Phi) is 5.92. The van der Waals surface area contributed by atoms with E-state index in [-0.39, 0.29) is 18.3 Å². The minimum Gasteiger partial charge on any atom is -0.493 e. The molecule has 1 heterocycles. The first-order valence-corrected chi connectivity index (χ1v) is 8.23. The summed E-state index contributed by atoms with van der Waals surface area (Å²) in [6.45, 7) is 5.63. The molecule has 1 aromatic heterocycles. The summed E-state index contributed by atoms with van der Waals surface area (Å²) < 4.78 is 10.7. The molecule has 0 bridgehead atoms. The summed E-state index contributed by atoms with van der Waals surface area (Å²) in [7, 11) is 1.49. The van der Waals surface area contributed by atoms with Gasteiger partial charge in [0.25, 0.3) is 5.91 Å². The van der Waals surface area contributed by atoms with E-state index < -0.39 is 0 Å². The molecule has 0 atom stereocenters. The molecule has 0 fully saturated rings. The third kappa shape index (κ3) is 4.55. The molecular weight excluding hydrogens is 328 g/mol. The topological polar surface area (TPSA) is 77.5 Å². The van der Waals surface area contributed by atoms with Crippen molar-refractivity contribution in [1.29, 1.82) is 0 Å². The predicted octanol–water partition coefficient (Wildman–Crippen LogP) is 2.67. The van der Waals surface area contributed by atoms with Crippen LogP contribution in [0.4, 0.5) is 0 Å². The SMILES string of the molecule is COc1cc(C(C)=O)ccc1OCC(=O)NCc1sc(C)nc1C. The lowest BCUT2D eigenvalue weighted by Crippen LogP contribution is -2.28. The minimum atomic E-state index is -0.238. The highest BCUT2D eigenvalue weighted by molar-refractivity contribution is 7.11. The quantitative estimate of drug-likeness (QED) is 0.779. The van der Waals surface area contributed by atoms with Gasteiger partial charge in [0.2, 0.25) is 0 Å². The number of carbonyl (C=O) groups is 2. The summed E-state index contributed by atoms with van der Waals surface area (Å²) in [5, 5.41) is 3.78. The van der Waals surface area contributed by atoms with Crippen LogP contribution in [-0.2, 0) is 11.3 Å². The number of Topliss-reactive ketones (excluding diaryl/α,β-unsaturated/α-hetero) is 1. The lowest BCUT2D eigenvalue weighted by molar-refractivity contribution is -0.123. The molecule has 0 saturated heterocycles. The van der Waals surface area contributed by atoms with Crippen LogP contribution in [-0.4, -0.2) is 30.4 Å². The zero-order chi connectivity index (χ0) is 17.7. The summed E-state index contributed by atoms with van der Waals surface area (Å²) in [4.78, 5) is 28.7. The fraction of sp³-hybridized carbons (Fsp3) is 0.353. The van der Waals surface area contributed by atoms with E-state index in [1.54, 1.807) is 29.5 Å². The van der Waals surface area contributed by atoms with Gasteiger partial charge in [-0.2, -0.15) is 0 Å². The Balaban J connectivity index is 1.91. The number of amides is 1. The standard InChI is InChI=1S/C17H20N2O4S/c1-10-16(24-12(3)19-10)8-18-17(21)9-23-14-6-5-13(11(2)20)7-15(14)22-4/h5-7H,8-9H2,1-4H3,(H,18,21). The van der Waals surface area contributed by atoms with E-state index >= 15 is 0 Å². The van der Waals surface area contributed by atoms with Gasteiger partial charge < -0.3 is 14.8 Å². The first-order chi connectivity index (χ1) is 11.4. The van der Waals surface area contributed by atoms with Gasteiger partial charge in [0.1, 0.15) is 0 Å². The molecule has 0 unspecified atom stereocenters. The van der Waals surface area contributed by atoms with Crippen LogP contribution in [0.15, 0.2) is 18.2 Å². The van der Waals surface area contributed by atoms with E-state index in [1.165, 1.54) is 14.0 Å². The van der Waals surface area contributed by atoms with E-state index in [2.05, 4.69) is 10.3 Å². The fourth-order valence-electron chi connectivity index (χ4n) is 2.12. The third-order valence-electron chi connectivity index (χ3n) is 3.37. The van der Waals surface area contributed by atoms with E-state index in [0.717, 1.165) is 15.6 Å². The number of hydrogen-bond donors (Lipinski definition) is 1. The van der Waals surface area contributed by atoms with E-state index in [9.17, 15) is 9.59 Å². The minimum absolute atomic E-state index is 0.0622. The number of hydrogen-bond acceptors (Lipinski definition) is 6. The Morgan fingerprint density at radius 2 is 2.00 bits per heavy atom. The van der Waals surface area contributed by atoms with Gasteiger partial charge in [-0.3, -0.25) is 9.59 Å². The van der Waals surface area contributed by atoms with Crippen molar-refractivity contribution in [2.45, 2.75) is 27.3 Å². The lowest BCUT2D eigenvalue weighted by Gasteiger charge is -2.11. The highest BCUT2D eigenvalue weighted by Gasteiger charge is 2.11. The molecule has 1 N–H and O–H groups in total. The molecule has 1 aromatic carbocycles. The van der Waals surface area contributed by atoms with Crippen LogP contribution in [0, 0.1) is 13.8 Å². The van der Waals surface area contributed by atoms with Gasteiger partial charge in [-0.25, -0.2) is 4.98 Å². The van der Waals surface area contributed by atoms with Gasteiger partial charge in [-0.1, -0.05) is 0 Å². The maximum absolute atomic E-state index is 11.9. The van der Waals surface area contributed by atoms with Crippen LogP contribution in [0.5, 0.6) is 11.5 Å².